The number of hydrogen-bond acceptors (Lipinski definition) is 3. The monoisotopic (exact) mass is 436 g/mol. The summed E-state index contributed by atoms with van der Waals surface area (Å²) in [6, 6.07) is 3.32. The number of rotatable bonds is 7. The number of thiophene rings is 1. The zero-order valence-corrected chi connectivity index (χ0v) is 16.9. The fraction of sp³-hybridized carbons (Fsp3) is 0.750. The van der Waals surface area contributed by atoms with Crippen LogP contribution < -0.4 is 5.73 Å². The lowest BCUT2D eigenvalue weighted by Gasteiger charge is -2.36. The maximum atomic E-state index is 6.17. The zero-order chi connectivity index (χ0) is 15.4. The minimum atomic E-state index is 0.361. The minimum absolute atomic E-state index is 0.361. The van der Waals surface area contributed by atoms with Crippen LogP contribution in [-0.2, 0) is 0 Å². The summed E-state index contributed by atoms with van der Waals surface area (Å²) in [7, 11) is 0. The summed E-state index contributed by atoms with van der Waals surface area (Å²) in [6.07, 6.45) is 6.67. The molecule has 1 aromatic heterocycles. The van der Waals surface area contributed by atoms with Gasteiger partial charge in [0.25, 0.3) is 0 Å². The summed E-state index contributed by atoms with van der Waals surface area (Å²) in [6.45, 7) is 6.48. The van der Waals surface area contributed by atoms with E-state index in [9.17, 15) is 0 Å². The first-order valence-corrected chi connectivity index (χ1v) is 10.3. The van der Waals surface area contributed by atoms with Crippen molar-refractivity contribution in [3.8, 4) is 0 Å². The van der Waals surface area contributed by atoms with Gasteiger partial charge in [0.05, 0.1) is 9.83 Å². The molecule has 2 nitrogen and oxygen atoms in total. The summed E-state index contributed by atoms with van der Waals surface area (Å²) >= 11 is 9.05. The van der Waals surface area contributed by atoms with Gasteiger partial charge in [0.2, 0.25) is 0 Å². The molecule has 1 aromatic rings. The van der Waals surface area contributed by atoms with Crippen LogP contribution in [0.2, 0.25) is 0 Å². The van der Waals surface area contributed by atoms with Crippen molar-refractivity contribution in [2.24, 2.45) is 11.7 Å². The van der Waals surface area contributed by atoms with E-state index in [0.29, 0.717) is 12.6 Å². The summed E-state index contributed by atoms with van der Waals surface area (Å²) in [5.41, 5.74) is 6.17. The van der Waals surface area contributed by atoms with E-state index in [2.05, 4.69) is 56.7 Å². The Hall–Kier alpha value is 0.580. The lowest BCUT2D eigenvalue weighted by atomic mass is 10.1. The number of nitrogens with zero attached hydrogens (tertiary/aromatic N) is 1. The van der Waals surface area contributed by atoms with Crippen LogP contribution in [0.15, 0.2) is 14.3 Å². The second-order valence-electron chi connectivity index (χ2n) is 6.38. The third-order valence-electron chi connectivity index (χ3n) is 4.37. The molecule has 5 heteroatoms. The van der Waals surface area contributed by atoms with Crippen LogP contribution in [0.4, 0.5) is 0 Å². The van der Waals surface area contributed by atoms with E-state index in [1.54, 1.807) is 0 Å². The second kappa shape index (κ2) is 8.44. The molecule has 1 atom stereocenters. The standard InChI is InChI=1S/C16H26Br2N2S/c1-11(2)7-8-20(12-5-3-4-6-12)14(10-19)15-9-13(17)16(18)21-15/h9,11-12,14H,3-8,10,19H2,1-2H3. The molecular weight excluding hydrogens is 412 g/mol. The van der Waals surface area contributed by atoms with Gasteiger partial charge in [0.1, 0.15) is 0 Å². The maximum absolute atomic E-state index is 6.17. The number of hydrogen-bond donors (Lipinski definition) is 1. The Balaban J connectivity index is 2.18. The molecule has 0 aromatic carbocycles. The first kappa shape index (κ1) is 17.9. The molecule has 1 fully saturated rings. The Labute approximate surface area is 149 Å². The van der Waals surface area contributed by atoms with Gasteiger partial charge in [-0.05, 0) is 69.7 Å². The van der Waals surface area contributed by atoms with Gasteiger partial charge in [-0.3, -0.25) is 4.90 Å². The Bertz CT molecular complexity index is 422. The molecule has 1 unspecified atom stereocenters. The maximum Gasteiger partial charge on any atom is 0.0843 e. The lowest BCUT2D eigenvalue weighted by molar-refractivity contribution is 0.133. The highest BCUT2D eigenvalue weighted by Gasteiger charge is 2.30. The van der Waals surface area contributed by atoms with E-state index >= 15 is 0 Å². The molecule has 1 saturated carbocycles. The Morgan fingerprint density at radius 2 is 2.00 bits per heavy atom. The van der Waals surface area contributed by atoms with Crippen LogP contribution in [0.1, 0.15) is 56.9 Å². The highest BCUT2D eigenvalue weighted by Crippen LogP contribution is 2.39. The third kappa shape index (κ3) is 4.77. The number of halogens is 2. The number of nitrogens with two attached hydrogens (primary N) is 1. The van der Waals surface area contributed by atoms with Crippen LogP contribution in [0.5, 0.6) is 0 Å². The van der Waals surface area contributed by atoms with Crippen LogP contribution in [0.3, 0.4) is 0 Å². The van der Waals surface area contributed by atoms with Gasteiger partial charge in [-0.25, -0.2) is 0 Å². The average molecular weight is 438 g/mol. The fourth-order valence-corrected chi connectivity index (χ4v) is 5.40. The molecule has 120 valence electrons. The molecule has 0 amide bonds. The molecule has 0 radical (unpaired) electrons. The molecule has 0 saturated heterocycles. The molecule has 2 N–H and O–H groups in total. The van der Waals surface area contributed by atoms with Crippen molar-refractivity contribution in [2.45, 2.75) is 58.0 Å². The first-order valence-electron chi connectivity index (χ1n) is 7.93. The molecule has 0 bridgehead atoms. The van der Waals surface area contributed by atoms with Gasteiger partial charge in [0, 0.05) is 21.9 Å². The largest absolute Gasteiger partial charge is 0.329 e. The molecule has 2 rings (SSSR count). The van der Waals surface area contributed by atoms with Crippen molar-refractivity contribution in [3.05, 3.63) is 19.2 Å². The van der Waals surface area contributed by atoms with E-state index in [1.165, 1.54) is 40.8 Å². The predicted octanol–water partition coefficient (Wildman–Crippen LogP) is 5.56. The van der Waals surface area contributed by atoms with Crippen molar-refractivity contribution in [2.75, 3.05) is 13.1 Å². The van der Waals surface area contributed by atoms with Crippen LogP contribution in [-0.4, -0.2) is 24.0 Å². The highest BCUT2D eigenvalue weighted by atomic mass is 79.9. The SMILES string of the molecule is CC(C)CCN(C1CCCC1)C(CN)c1cc(Br)c(Br)s1. The molecule has 21 heavy (non-hydrogen) atoms. The van der Waals surface area contributed by atoms with Gasteiger partial charge in [0.15, 0.2) is 0 Å². The van der Waals surface area contributed by atoms with E-state index in [-0.39, 0.29) is 0 Å². The fourth-order valence-electron chi connectivity index (χ4n) is 3.18. The first-order chi connectivity index (χ1) is 10.0. The van der Waals surface area contributed by atoms with E-state index in [1.807, 2.05) is 11.3 Å². The quantitative estimate of drug-likeness (QED) is 0.604. The Morgan fingerprint density at radius 3 is 2.48 bits per heavy atom. The van der Waals surface area contributed by atoms with Crippen molar-refractivity contribution in [3.63, 3.8) is 0 Å². The van der Waals surface area contributed by atoms with E-state index in [0.717, 1.165) is 23.0 Å². The summed E-state index contributed by atoms with van der Waals surface area (Å²) in [4.78, 5) is 4.07. The van der Waals surface area contributed by atoms with Gasteiger partial charge in [-0.2, -0.15) is 0 Å². The van der Waals surface area contributed by atoms with Gasteiger partial charge in [-0.1, -0.05) is 26.7 Å². The Kier molecular flexibility index (Phi) is 7.20. The highest BCUT2D eigenvalue weighted by molar-refractivity contribution is 9.13. The zero-order valence-electron chi connectivity index (χ0n) is 12.9. The second-order valence-corrected chi connectivity index (χ2v) is 9.64. The lowest BCUT2D eigenvalue weighted by Crippen LogP contribution is -2.41. The topological polar surface area (TPSA) is 29.3 Å². The van der Waals surface area contributed by atoms with E-state index in [4.69, 9.17) is 5.73 Å². The van der Waals surface area contributed by atoms with Crippen LogP contribution >= 0.6 is 43.2 Å². The van der Waals surface area contributed by atoms with Gasteiger partial charge < -0.3 is 5.73 Å². The van der Waals surface area contributed by atoms with Crippen molar-refractivity contribution < 1.29 is 0 Å². The van der Waals surface area contributed by atoms with Gasteiger partial charge in [-0.15, -0.1) is 11.3 Å². The van der Waals surface area contributed by atoms with Crippen LogP contribution in [0, 0.1) is 5.92 Å². The summed E-state index contributed by atoms with van der Waals surface area (Å²) in [5, 5.41) is 0. The normalized spacial score (nSPS) is 18.0. The van der Waals surface area contributed by atoms with Gasteiger partial charge >= 0.3 is 0 Å². The molecular formula is C16H26Br2N2S. The third-order valence-corrected chi connectivity index (χ3v) is 7.73. The van der Waals surface area contributed by atoms with E-state index < -0.39 is 0 Å². The minimum Gasteiger partial charge on any atom is -0.329 e. The summed E-state index contributed by atoms with van der Waals surface area (Å²) in [5.74, 6) is 0.745. The molecule has 1 heterocycles. The van der Waals surface area contributed by atoms with Crippen LogP contribution in [0.25, 0.3) is 0 Å². The van der Waals surface area contributed by atoms with Crippen molar-refractivity contribution in [1.82, 2.24) is 4.90 Å². The average Bonchev–Trinajstić information content (AvgIpc) is 3.05. The molecule has 0 spiro atoms. The van der Waals surface area contributed by atoms with Crippen molar-refractivity contribution in [1.29, 1.82) is 0 Å². The Morgan fingerprint density at radius 1 is 1.33 bits per heavy atom. The molecule has 0 aliphatic heterocycles. The summed E-state index contributed by atoms with van der Waals surface area (Å²) < 4.78 is 2.32. The predicted molar refractivity (Wildman–Crippen MR) is 99.9 cm³/mol. The van der Waals surface area contributed by atoms with Crippen molar-refractivity contribution >= 4 is 43.2 Å². The molecule has 1 aliphatic rings. The smallest absolute Gasteiger partial charge is 0.0843 e. The molecule has 1 aliphatic carbocycles.